The lowest BCUT2D eigenvalue weighted by atomic mass is 10.1. The van der Waals surface area contributed by atoms with E-state index < -0.39 is 0 Å². The van der Waals surface area contributed by atoms with Crippen LogP contribution in [0.4, 0.5) is 4.39 Å². The maximum atomic E-state index is 13.4. The van der Waals surface area contributed by atoms with Gasteiger partial charge in [0.25, 0.3) is 0 Å². The number of aromatic nitrogens is 3. The highest BCUT2D eigenvalue weighted by Gasteiger charge is 2.21. The molecule has 3 rings (SSSR count). The maximum absolute atomic E-state index is 13.4. The Hall–Kier alpha value is -1.75. The molecule has 1 aromatic carbocycles. The maximum Gasteiger partial charge on any atom is 0.148 e. The van der Waals surface area contributed by atoms with E-state index in [1.807, 2.05) is 13.8 Å². The minimum absolute atomic E-state index is 0.217. The number of aryl methyl sites for hydroxylation is 2. The average molecular weight is 260 g/mol. The van der Waals surface area contributed by atoms with Crippen molar-refractivity contribution in [3.05, 3.63) is 41.2 Å². The minimum Gasteiger partial charge on any atom is -0.310 e. The van der Waals surface area contributed by atoms with E-state index in [0.717, 1.165) is 22.9 Å². The Morgan fingerprint density at radius 1 is 1.37 bits per heavy atom. The van der Waals surface area contributed by atoms with Gasteiger partial charge < -0.3 is 5.32 Å². The Morgan fingerprint density at radius 3 is 2.79 bits per heavy atom. The van der Waals surface area contributed by atoms with Crippen molar-refractivity contribution in [3.8, 4) is 5.69 Å². The predicted molar refractivity (Wildman–Crippen MR) is 70.7 cm³/mol. The quantitative estimate of drug-likeness (QED) is 0.917. The van der Waals surface area contributed by atoms with Gasteiger partial charge in [-0.15, -0.1) is 0 Å². The fourth-order valence-electron chi connectivity index (χ4n) is 2.19. The molecule has 0 radical (unpaired) electrons. The molecular weight excluding hydrogens is 243 g/mol. The fraction of sp³-hybridized carbons (Fsp3) is 0.429. The number of rotatable bonds is 4. The van der Waals surface area contributed by atoms with Crippen LogP contribution in [0.1, 0.15) is 30.1 Å². The molecule has 100 valence electrons. The molecule has 1 aliphatic carbocycles. The lowest BCUT2D eigenvalue weighted by molar-refractivity contribution is 0.616. The second-order valence-electron chi connectivity index (χ2n) is 5.05. The summed E-state index contributed by atoms with van der Waals surface area (Å²) in [6.07, 6.45) is 2.43. The van der Waals surface area contributed by atoms with Crippen molar-refractivity contribution in [2.45, 2.75) is 39.3 Å². The summed E-state index contributed by atoms with van der Waals surface area (Å²) in [6.45, 7) is 4.42. The van der Waals surface area contributed by atoms with Crippen molar-refractivity contribution in [3.63, 3.8) is 0 Å². The highest BCUT2D eigenvalue weighted by molar-refractivity contribution is 5.41. The topological polar surface area (TPSA) is 42.7 Å². The third-order valence-corrected chi connectivity index (χ3v) is 3.30. The van der Waals surface area contributed by atoms with Crippen LogP contribution in [0.2, 0.25) is 0 Å². The van der Waals surface area contributed by atoms with Gasteiger partial charge in [-0.05, 0) is 50.5 Å². The molecule has 1 fully saturated rings. The molecule has 1 aliphatic rings. The zero-order valence-corrected chi connectivity index (χ0v) is 11.2. The lowest BCUT2D eigenvalue weighted by Crippen LogP contribution is -2.17. The molecule has 1 saturated carbocycles. The highest BCUT2D eigenvalue weighted by Crippen LogP contribution is 2.22. The minimum atomic E-state index is -0.217. The normalized spacial score (nSPS) is 14.9. The molecule has 5 heteroatoms. The third kappa shape index (κ3) is 2.66. The van der Waals surface area contributed by atoms with Gasteiger partial charge >= 0.3 is 0 Å². The molecule has 1 N–H and O–H groups in total. The van der Waals surface area contributed by atoms with Gasteiger partial charge in [-0.3, -0.25) is 0 Å². The van der Waals surface area contributed by atoms with E-state index in [4.69, 9.17) is 0 Å². The van der Waals surface area contributed by atoms with E-state index in [9.17, 15) is 4.39 Å². The van der Waals surface area contributed by atoms with Crippen LogP contribution in [-0.2, 0) is 6.54 Å². The monoisotopic (exact) mass is 260 g/mol. The van der Waals surface area contributed by atoms with Gasteiger partial charge in [0.2, 0.25) is 0 Å². The zero-order chi connectivity index (χ0) is 13.4. The Kier molecular flexibility index (Phi) is 3.06. The van der Waals surface area contributed by atoms with Crippen LogP contribution in [0.15, 0.2) is 18.2 Å². The lowest BCUT2D eigenvalue weighted by Gasteiger charge is -2.11. The number of hydrogen-bond acceptors (Lipinski definition) is 3. The standard InChI is InChI=1S/C14H17FN4/c1-9-17-10(2)19(18-9)14-6-3-12(15)7-11(14)8-16-13-4-5-13/h3,6-7,13,16H,4-5,8H2,1-2H3. The van der Waals surface area contributed by atoms with Crippen LogP contribution in [0.5, 0.6) is 0 Å². The first-order valence-electron chi connectivity index (χ1n) is 6.56. The van der Waals surface area contributed by atoms with Gasteiger partial charge in [-0.1, -0.05) is 0 Å². The first-order chi connectivity index (χ1) is 9.13. The van der Waals surface area contributed by atoms with Crippen molar-refractivity contribution < 1.29 is 4.39 Å². The predicted octanol–water partition coefficient (Wildman–Crippen LogP) is 2.28. The van der Waals surface area contributed by atoms with Gasteiger partial charge in [0.15, 0.2) is 0 Å². The fourth-order valence-corrected chi connectivity index (χ4v) is 2.19. The largest absolute Gasteiger partial charge is 0.310 e. The molecule has 19 heavy (non-hydrogen) atoms. The number of nitrogens with one attached hydrogen (secondary N) is 1. The van der Waals surface area contributed by atoms with Gasteiger partial charge in [-0.25, -0.2) is 14.1 Å². The molecule has 4 nitrogen and oxygen atoms in total. The first kappa shape index (κ1) is 12.3. The first-order valence-corrected chi connectivity index (χ1v) is 6.56. The van der Waals surface area contributed by atoms with Crippen LogP contribution in [0, 0.1) is 19.7 Å². The van der Waals surface area contributed by atoms with E-state index in [1.54, 1.807) is 16.8 Å². The van der Waals surface area contributed by atoms with E-state index in [-0.39, 0.29) is 5.82 Å². The highest BCUT2D eigenvalue weighted by atomic mass is 19.1. The third-order valence-electron chi connectivity index (χ3n) is 3.30. The van der Waals surface area contributed by atoms with Crippen molar-refractivity contribution in [2.24, 2.45) is 0 Å². The summed E-state index contributed by atoms with van der Waals surface area (Å²) >= 11 is 0. The van der Waals surface area contributed by atoms with E-state index >= 15 is 0 Å². The van der Waals surface area contributed by atoms with Crippen LogP contribution in [0.3, 0.4) is 0 Å². The molecule has 0 bridgehead atoms. The van der Waals surface area contributed by atoms with Gasteiger partial charge in [0.05, 0.1) is 5.69 Å². The summed E-state index contributed by atoms with van der Waals surface area (Å²) in [5.41, 5.74) is 1.81. The molecule has 1 aromatic heterocycles. The Balaban J connectivity index is 1.96. The Bertz CT molecular complexity index is 601. The number of halogens is 1. The molecule has 1 heterocycles. The van der Waals surface area contributed by atoms with Gasteiger partial charge in [0, 0.05) is 12.6 Å². The van der Waals surface area contributed by atoms with E-state index in [0.29, 0.717) is 12.6 Å². The molecule has 2 aromatic rings. The summed E-state index contributed by atoms with van der Waals surface area (Å²) in [5.74, 6) is 1.32. The van der Waals surface area contributed by atoms with Gasteiger partial charge in [0.1, 0.15) is 17.5 Å². The van der Waals surface area contributed by atoms with Crippen LogP contribution in [-0.4, -0.2) is 20.8 Å². The number of hydrogen-bond donors (Lipinski definition) is 1. The summed E-state index contributed by atoms with van der Waals surface area (Å²) in [4.78, 5) is 4.30. The second kappa shape index (κ2) is 4.74. The molecule has 0 amide bonds. The van der Waals surface area contributed by atoms with E-state index in [1.165, 1.54) is 18.9 Å². The van der Waals surface area contributed by atoms with Crippen molar-refractivity contribution in [2.75, 3.05) is 0 Å². The molecule has 0 aliphatic heterocycles. The van der Waals surface area contributed by atoms with Crippen molar-refractivity contribution >= 4 is 0 Å². The SMILES string of the molecule is Cc1nc(C)n(-c2ccc(F)cc2CNC2CC2)n1. The van der Waals surface area contributed by atoms with E-state index in [2.05, 4.69) is 15.4 Å². The smallest absolute Gasteiger partial charge is 0.148 e. The number of benzene rings is 1. The molecule has 0 saturated heterocycles. The van der Waals surface area contributed by atoms with Crippen LogP contribution < -0.4 is 5.32 Å². The molecular formula is C14H17FN4. The average Bonchev–Trinajstić information content (AvgIpc) is 3.12. The van der Waals surface area contributed by atoms with Crippen molar-refractivity contribution in [1.29, 1.82) is 0 Å². The Labute approximate surface area is 111 Å². The molecule has 0 spiro atoms. The molecule has 0 atom stereocenters. The summed E-state index contributed by atoms with van der Waals surface area (Å²) in [6, 6.07) is 5.39. The number of nitrogens with zero attached hydrogens (tertiary/aromatic N) is 3. The van der Waals surface area contributed by atoms with Crippen molar-refractivity contribution in [1.82, 2.24) is 20.1 Å². The second-order valence-corrected chi connectivity index (χ2v) is 5.05. The summed E-state index contributed by atoms with van der Waals surface area (Å²) in [7, 11) is 0. The Morgan fingerprint density at radius 2 is 2.16 bits per heavy atom. The van der Waals surface area contributed by atoms with Crippen LogP contribution >= 0.6 is 0 Å². The zero-order valence-electron chi connectivity index (χ0n) is 11.2. The summed E-state index contributed by atoms with van der Waals surface area (Å²) in [5, 5.41) is 7.78. The molecule has 0 unspecified atom stereocenters. The summed E-state index contributed by atoms with van der Waals surface area (Å²) < 4.78 is 15.2. The van der Waals surface area contributed by atoms with Gasteiger partial charge in [-0.2, -0.15) is 5.10 Å². The van der Waals surface area contributed by atoms with Crippen LogP contribution in [0.25, 0.3) is 5.69 Å².